The monoisotopic (exact) mass is 391 g/mol. The van der Waals surface area contributed by atoms with E-state index in [0.717, 1.165) is 24.5 Å². The molecule has 1 saturated heterocycles. The first-order valence-electron chi connectivity index (χ1n) is 7.80. The van der Waals surface area contributed by atoms with Crippen molar-refractivity contribution in [2.75, 3.05) is 29.9 Å². The first-order valence-corrected chi connectivity index (χ1v) is 8.59. The standard InChI is InChI=1S/C17H18BrN3O3/c18-15-7-6-14(24-15)17(23)19-11-16(22)20-12-4-3-5-13(10-12)21-8-1-2-9-21/h3-7,10H,1-2,8-9,11H2,(H,19,23)(H,20,22). The van der Waals surface area contributed by atoms with Crippen LogP contribution in [0, 0.1) is 0 Å². The van der Waals surface area contributed by atoms with Crippen molar-refractivity contribution in [1.82, 2.24) is 5.32 Å². The maximum atomic E-state index is 12.0. The second-order valence-electron chi connectivity index (χ2n) is 5.58. The molecule has 3 rings (SSSR count). The molecular weight excluding hydrogens is 374 g/mol. The summed E-state index contributed by atoms with van der Waals surface area (Å²) < 4.78 is 5.60. The maximum Gasteiger partial charge on any atom is 0.287 e. The molecule has 0 spiro atoms. The van der Waals surface area contributed by atoms with Gasteiger partial charge in [-0.2, -0.15) is 0 Å². The molecule has 0 unspecified atom stereocenters. The third kappa shape index (κ3) is 4.17. The number of benzene rings is 1. The van der Waals surface area contributed by atoms with E-state index in [1.165, 1.54) is 18.9 Å². The Labute approximate surface area is 148 Å². The minimum Gasteiger partial charge on any atom is -0.444 e. The summed E-state index contributed by atoms with van der Waals surface area (Å²) in [5.74, 6) is -0.556. The van der Waals surface area contributed by atoms with Gasteiger partial charge in [0.1, 0.15) is 0 Å². The summed E-state index contributed by atoms with van der Waals surface area (Å²) in [6.45, 7) is 1.98. The van der Waals surface area contributed by atoms with Gasteiger partial charge in [-0.3, -0.25) is 9.59 Å². The first-order chi connectivity index (χ1) is 11.6. The minimum absolute atomic E-state index is 0.120. The molecule has 1 aliphatic heterocycles. The molecule has 1 aromatic carbocycles. The fourth-order valence-electron chi connectivity index (χ4n) is 2.64. The zero-order valence-corrected chi connectivity index (χ0v) is 14.6. The molecule has 0 bridgehead atoms. The van der Waals surface area contributed by atoms with Gasteiger partial charge in [-0.25, -0.2) is 0 Å². The smallest absolute Gasteiger partial charge is 0.287 e. The predicted molar refractivity (Wildman–Crippen MR) is 95.3 cm³/mol. The molecule has 0 atom stereocenters. The van der Waals surface area contributed by atoms with Crippen LogP contribution in [0.3, 0.4) is 0 Å². The van der Waals surface area contributed by atoms with E-state index in [9.17, 15) is 9.59 Å². The van der Waals surface area contributed by atoms with Gasteiger partial charge >= 0.3 is 0 Å². The lowest BCUT2D eigenvalue weighted by Gasteiger charge is -2.18. The van der Waals surface area contributed by atoms with E-state index >= 15 is 0 Å². The summed E-state index contributed by atoms with van der Waals surface area (Å²) in [6.07, 6.45) is 2.40. The molecule has 0 aliphatic carbocycles. The number of furan rings is 1. The van der Waals surface area contributed by atoms with Crippen molar-refractivity contribution < 1.29 is 14.0 Å². The summed E-state index contributed by atoms with van der Waals surface area (Å²) in [6, 6.07) is 10.9. The van der Waals surface area contributed by atoms with Gasteiger partial charge in [0.25, 0.3) is 5.91 Å². The molecule has 2 aromatic rings. The number of carbonyl (C=O) groups excluding carboxylic acids is 2. The Bertz CT molecular complexity index is 738. The van der Waals surface area contributed by atoms with Gasteiger partial charge < -0.3 is 20.0 Å². The molecule has 1 fully saturated rings. The molecule has 0 saturated carbocycles. The molecule has 126 valence electrons. The van der Waals surface area contributed by atoms with Gasteiger partial charge in [0, 0.05) is 24.5 Å². The Morgan fingerprint density at radius 1 is 1.17 bits per heavy atom. The van der Waals surface area contributed by atoms with Crippen molar-refractivity contribution in [2.24, 2.45) is 0 Å². The van der Waals surface area contributed by atoms with Crippen LogP contribution in [-0.4, -0.2) is 31.4 Å². The highest BCUT2D eigenvalue weighted by Crippen LogP contribution is 2.23. The van der Waals surface area contributed by atoms with E-state index in [1.54, 1.807) is 6.07 Å². The van der Waals surface area contributed by atoms with E-state index in [-0.39, 0.29) is 18.2 Å². The molecule has 2 heterocycles. The molecule has 7 heteroatoms. The maximum absolute atomic E-state index is 12.0. The fourth-order valence-corrected chi connectivity index (χ4v) is 2.95. The molecule has 6 nitrogen and oxygen atoms in total. The molecule has 2 N–H and O–H groups in total. The zero-order chi connectivity index (χ0) is 16.9. The largest absolute Gasteiger partial charge is 0.444 e. The van der Waals surface area contributed by atoms with E-state index in [2.05, 4.69) is 31.5 Å². The van der Waals surface area contributed by atoms with Gasteiger partial charge in [-0.1, -0.05) is 6.07 Å². The summed E-state index contributed by atoms with van der Waals surface area (Å²) in [4.78, 5) is 26.1. The predicted octanol–water partition coefficient (Wildman–Crippen LogP) is 3.01. The number of hydrogen-bond acceptors (Lipinski definition) is 4. The van der Waals surface area contributed by atoms with Crippen LogP contribution in [0.1, 0.15) is 23.4 Å². The number of rotatable bonds is 5. The quantitative estimate of drug-likeness (QED) is 0.821. The summed E-state index contributed by atoms with van der Waals surface area (Å²) in [5, 5.41) is 5.32. The number of hydrogen-bond donors (Lipinski definition) is 2. The van der Waals surface area contributed by atoms with E-state index in [1.807, 2.05) is 24.3 Å². The number of nitrogens with zero attached hydrogens (tertiary/aromatic N) is 1. The average Bonchev–Trinajstić information content (AvgIpc) is 3.24. The lowest BCUT2D eigenvalue weighted by Crippen LogP contribution is -2.32. The van der Waals surface area contributed by atoms with Crippen molar-refractivity contribution in [2.45, 2.75) is 12.8 Å². The molecular formula is C17H18BrN3O3. The third-order valence-corrected chi connectivity index (χ3v) is 4.23. The van der Waals surface area contributed by atoms with Crippen molar-refractivity contribution in [3.63, 3.8) is 0 Å². The fraction of sp³-hybridized carbons (Fsp3) is 0.294. The van der Waals surface area contributed by atoms with Gasteiger partial charge in [-0.15, -0.1) is 0 Å². The highest BCUT2D eigenvalue weighted by Gasteiger charge is 2.14. The van der Waals surface area contributed by atoms with Crippen LogP contribution in [0.5, 0.6) is 0 Å². The molecule has 1 aromatic heterocycles. The Kier molecular flexibility index (Phi) is 5.20. The van der Waals surface area contributed by atoms with Gasteiger partial charge in [-0.05, 0) is 59.1 Å². The number of carbonyl (C=O) groups is 2. The minimum atomic E-state index is -0.429. The van der Waals surface area contributed by atoms with Gasteiger partial charge in [0.15, 0.2) is 10.4 Å². The lowest BCUT2D eigenvalue weighted by molar-refractivity contribution is -0.115. The summed E-state index contributed by atoms with van der Waals surface area (Å²) >= 11 is 3.13. The van der Waals surface area contributed by atoms with E-state index in [4.69, 9.17) is 4.42 Å². The Morgan fingerprint density at radius 2 is 1.96 bits per heavy atom. The lowest BCUT2D eigenvalue weighted by atomic mass is 10.2. The van der Waals surface area contributed by atoms with Crippen LogP contribution in [0.15, 0.2) is 45.5 Å². The van der Waals surface area contributed by atoms with Gasteiger partial charge in [0.2, 0.25) is 5.91 Å². The molecule has 1 aliphatic rings. The summed E-state index contributed by atoms with van der Waals surface area (Å²) in [7, 11) is 0. The van der Waals surface area contributed by atoms with Crippen molar-refractivity contribution in [3.8, 4) is 0 Å². The second-order valence-corrected chi connectivity index (χ2v) is 6.36. The number of halogens is 1. The van der Waals surface area contributed by atoms with E-state index < -0.39 is 5.91 Å². The van der Waals surface area contributed by atoms with Crippen LogP contribution < -0.4 is 15.5 Å². The molecule has 0 radical (unpaired) electrons. The number of anilines is 2. The average molecular weight is 392 g/mol. The number of nitrogens with one attached hydrogen (secondary N) is 2. The number of amides is 2. The second kappa shape index (κ2) is 7.53. The summed E-state index contributed by atoms with van der Waals surface area (Å²) in [5.41, 5.74) is 1.83. The van der Waals surface area contributed by atoms with Crippen LogP contribution in [0.2, 0.25) is 0 Å². The van der Waals surface area contributed by atoms with Crippen molar-refractivity contribution >= 4 is 39.1 Å². The SMILES string of the molecule is O=C(CNC(=O)c1ccc(Br)o1)Nc1cccc(N2CCCC2)c1. The Balaban J connectivity index is 1.53. The van der Waals surface area contributed by atoms with Crippen molar-refractivity contribution in [1.29, 1.82) is 0 Å². The normalized spacial score (nSPS) is 13.8. The van der Waals surface area contributed by atoms with Crippen LogP contribution >= 0.6 is 15.9 Å². The van der Waals surface area contributed by atoms with Crippen LogP contribution in [0.4, 0.5) is 11.4 Å². The zero-order valence-electron chi connectivity index (χ0n) is 13.0. The molecule has 2 amide bonds. The third-order valence-electron chi connectivity index (χ3n) is 3.81. The van der Waals surface area contributed by atoms with E-state index in [0.29, 0.717) is 4.67 Å². The first kappa shape index (κ1) is 16.6. The topological polar surface area (TPSA) is 74.6 Å². The van der Waals surface area contributed by atoms with Crippen molar-refractivity contribution in [3.05, 3.63) is 46.8 Å². The Hall–Kier alpha value is -2.28. The van der Waals surface area contributed by atoms with Crippen LogP contribution in [-0.2, 0) is 4.79 Å². The van der Waals surface area contributed by atoms with Gasteiger partial charge in [0.05, 0.1) is 6.54 Å². The molecule has 24 heavy (non-hydrogen) atoms. The van der Waals surface area contributed by atoms with Crippen LogP contribution in [0.25, 0.3) is 0 Å². The Morgan fingerprint density at radius 3 is 2.67 bits per heavy atom. The highest BCUT2D eigenvalue weighted by atomic mass is 79.9. The highest BCUT2D eigenvalue weighted by molar-refractivity contribution is 9.10.